The van der Waals surface area contributed by atoms with Crippen LogP contribution in [0.2, 0.25) is 0 Å². The number of hydrogen-bond acceptors (Lipinski definition) is 4. The normalized spacial score (nSPS) is 11.3. The number of hydrogen-bond donors (Lipinski definition) is 0. The van der Waals surface area contributed by atoms with Crippen LogP contribution in [-0.4, -0.2) is 13.3 Å². The van der Waals surface area contributed by atoms with E-state index < -0.39 is 7.47 Å². The average Bonchev–Trinajstić information content (AvgIpc) is 3.01. The van der Waals surface area contributed by atoms with Gasteiger partial charge in [-0.2, -0.15) is 0 Å². The summed E-state index contributed by atoms with van der Waals surface area (Å²) in [4.78, 5) is 12.8. The Morgan fingerprint density at radius 2 is 1.78 bits per heavy atom. The third kappa shape index (κ3) is 3.27. The zero-order chi connectivity index (χ0) is 13.0. The second-order valence-electron chi connectivity index (χ2n) is 3.21. The first kappa shape index (κ1) is 13.0. The van der Waals surface area contributed by atoms with Crippen LogP contribution in [0.1, 0.15) is 14.5 Å². The van der Waals surface area contributed by atoms with E-state index in [-0.39, 0.29) is 11.5 Å². The first-order chi connectivity index (χ1) is 8.66. The highest BCUT2D eigenvalue weighted by Crippen LogP contribution is 2.24. The maximum Gasteiger partial charge on any atom is 0.796 e. The molecule has 0 fully saturated rings. The molecule has 0 amide bonds. The molecule has 18 heavy (non-hydrogen) atoms. The lowest BCUT2D eigenvalue weighted by molar-refractivity contribution is 0.105. The predicted octanol–water partition coefficient (Wildman–Crippen LogP) is 3.97. The van der Waals surface area contributed by atoms with E-state index in [4.69, 9.17) is 0 Å². The molecule has 2 rings (SSSR count). The van der Waals surface area contributed by atoms with Gasteiger partial charge in [-0.15, -0.1) is 22.7 Å². The van der Waals surface area contributed by atoms with Gasteiger partial charge in [-0.05, 0) is 22.9 Å². The van der Waals surface area contributed by atoms with Crippen molar-refractivity contribution < 1.29 is 18.1 Å². The van der Waals surface area contributed by atoms with Gasteiger partial charge in [0.2, 0.25) is 0 Å². The molecule has 0 radical (unpaired) electrons. The second kappa shape index (κ2) is 5.93. The minimum atomic E-state index is -2.95. The summed E-state index contributed by atoms with van der Waals surface area (Å²) < 4.78 is 29.0. The lowest BCUT2D eigenvalue weighted by Gasteiger charge is -2.05. The Kier molecular flexibility index (Phi) is 4.27. The third-order valence-electron chi connectivity index (χ3n) is 2.01. The van der Waals surface area contributed by atoms with Crippen LogP contribution in [-0.2, 0) is 4.65 Å². The summed E-state index contributed by atoms with van der Waals surface area (Å²) in [6, 6.07) is 6.70. The average molecular weight is 284 g/mol. The summed E-state index contributed by atoms with van der Waals surface area (Å²) in [5.41, 5.74) is 0. The summed E-state index contributed by atoms with van der Waals surface area (Å²) in [5, 5.41) is 3.48. The Bertz CT molecular complexity index is 535. The Labute approximate surface area is 111 Å². The molecular weight excluding hydrogens is 277 g/mol. The van der Waals surface area contributed by atoms with Gasteiger partial charge in [-0.25, -0.2) is 8.63 Å². The van der Waals surface area contributed by atoms with E-state index in [0.717, 1.165) is 6.08 Å². The van der Waals surface area contributed by atoms with Crippen molar-refractivity contribution in [2.24, 2.45) is 0 Å². The summed E-state index contributed by atoms with van der Waals surface area (Å²) >= 11 is 2.49. The van der Waals surface area contributed by atoms with Crippen LogP contribution in [0.3, 0.4) is 0 Å². The predicted molar refractivity (Wildman–Crippen MR) is 70.0 cm³/mol. The number of halogens is 2. The molecule has 2 aromatic rings. The molecule has 0 atom stereocenters. The third-order valence-corrected chi connectivity index (χ3v) is 3.78. The fourth-order valence-electron chi connectivity index (χ4n) is 1.29. The van der Waals surface area contributed by atoms with Crippen molar-refractivity contribution in [2.45, 2.75) is 0 Å². The van der Waals surface area contributed by atoms with Gasteiger partial charge in [-0.1, -0.05) is 12.1 Å². The fourth-order valence-corrected chi connectivity index (χ4v) is 2.61. The Morgan fingerprint density at radius 1 is 1.17 bits per heavy atom. The van der Waals surface area contributed by atoms with Gasteiger partial charge in [0.1, 0.15) is 5.76 Å². The largest absolute Gasteiger partial charge is 0.796 e. The molecule has 0 bridgehead atoms. The van der Waals surface area contributed by atoms with Crippen molar-refractivity contribution in [2.75, 3.05) is 0 Å². The highest BCUT2D eigenvalue weighted by atomic mass is 32.1. The van der Waals surface area contributed by atoms with Crippen LogP contribution >= 0.6 is 22.7 Å². The van der Waals surface area contributed by atoms with E-state index in [9.17, 15) is 13.4 Å². The smallest absolute Gasteiger partial charge is 0.504 e. The molecule has 0 N–H and O–H groups in total. The molecule has 2 heterocycles. The molecule has 0 aromatic carbocycles. The second-order valence-corrected chi connectivity index (χ2v) is 5.10. The van der Waals surface area contributed by atoms with Crippen LogP contribution in [0.4, 0.5) is 8.63 Å². The van der Waals surface area contributed by atoms with Crippen molar-refractivity contribution in [3.8, 4) is 0 Å². The SMILES string of the molecule is O=C(/C=C(/OB(F)F)c1cccs1)c1cccs1. The van der Waals surface area contributed by atoms with E-state index >= 15 is 0 Å². The molecule has 92 valence electrons. The summed E-state index contributed by atoms with van der Waals surface area (Å²) in [6.45, 7) is 0. The van der Waals surface area contributed by atoms with Gasteiger partial charge in [-0.3, -0.25) is 4.79 Å². The highest BCUT2D eigenvalue weighted by Gasteiger charge is 2.21. The monoisotopic (exact) mass is 284 g/mol. The van der Waals surface area contributed by atoms with E-state index in [0.29, 0.717) is 9.75 Å². The van der Waals surface area contributed by atoms with E-state index in [1.54, 1.807) is 35.0 Å². The molecule has 0 aliphatic rings. The van der Waals surface area contributed by atoms with Gasteiger partial charge in [0.05, 0.1) is 9.75 Å². The van der Waals surface area contributed by atoms with Crippen molar-refractivity contribution in [1.82, 2.24) is 0 Å². The van der Waals surface area contributed by atoms with Gasteiger partial charge < -0.3 is 4.65 Å². The lowest BCUT2D eigenvalue weighted by atomic mass is 10.2. The van der Waals surface area contributed by atoms with Crippen LogP contribution in [0.25, 0.3) is 5.76 Å². The Hall–Kier alpha value is -1.47. The number of thiophene rings is 2. The number of ketones is 1. The first-order valence-electron chi connectivity index (χ1n) is 4.95. The zero-order valence-electron chi connectivity index (χ0n) is 9.01. The van der Waals surface area contributed by atoms with Gasteiger partial charge >= 0.3 is 7.47 Å². The first-order valence-corrected chi connectivity index (χ1v) is 6.71. The molecule has 0 aliphatic heterocycles. The molecular formula is C11H7BF2O2S2. The highest BCUT2D eigenvalue weighted by molar-refractivity contribution is 7.12. The standard InChI is InChI=1S/C11H7BF2O2S2/c13-12(14)16-9(11-4-2-6-18-11)7-8(15)10-3-1-5-17-10/h1-7H/b9-7+. The number of carbonyl (C=O) groups excluding carboxylic acids is 1. The van der Waals surface area contributed by atoms with Crippen molar-refractivity contribution in [3.63, 3.8) is 0 Å². The van der Waals surface area contributed by atoms with Gasteiger partial charge in [0, 0.05) is 6.08 Å². The van der Waals surface area contributed by atoms with E-state index in [1.807, 2.05) is 0 Å². The fraction of sp³-hybridized carbons (Fsp3) is 0. The minimum Gasteiger partial charge on any atom is -0.504 e. The molecule has 0 aliphatic carbocycles. The molecule has 0 spiro atoms. The van der Waals surface area contributed by atoms with Gasteiger partial charge in [0.15, 0.2) is 5.78 Å². The Balaban J connectivity index is 2.26. The van der Waals surface area contributed by atoms with Crippen molar-refractivity contribution >= 4 is 41.7 Å². The van der Waals surface area contributed by atoms with Crippen molar-refractivity contribution in [3.05, 3.63) is 50.9 Å². The van der Waals surface area contributed by atoms with Crippen molar-refractivity contribution in [1.29, 1.82) is 0 Å². The molecule has 2 nitrogen and oxygen atoms in total. The van der Waals surface area contributed by atoms with Crippen LogP contribution in [0, 0.1) is 0 Å². The summed E-state index contributed by atoms with van der Waals surface area (Å²) in [7, 11) is -2.95. The molecule has 0 saturated heterocycles. The molecule has 7 heteroatoms. The maximum atomic E-state index is 12.3. The number of rotatable bonds is 5. The zero-order valence-corrected chi connectivity index (χ0v) is 10.6. The number of allylic oxidation sites excluding steroid dienone is 1. The van der Waals surface area contributed by atoms with E-state index in [2.05, 4.69) is 4.65 Å². The van der Waals surface area contributed by atoms with Crippen LogP contribution in [0.5, 0.6) is 0 Å². The summed E-state index contributed by atoms with van der Waals surface area (Å²) in [6.07, 6.45) is 1.10. The number of carbonyl (C=O) groups is 1. The minimum absolute atomic E-state index is 0.0987. The van der Waals surface area contributed by atoms with E-state index in [1.165, 1.54) is 22.7 Å². The van der Waals surface area contributed by atoms with Crippen LogP contribution in [0.15, 0.2) is 41.1 Å². The molecule has 0 unspecified atom stereocenters. The topological polar surface area (TPSA) is 26.3 Å². The molecule has 0 saturated carbocycles. The maximum absolute atomic E-state index is 12.3. The quantitative estimate of drug-likeness (QED) is 0.359. The summed E-state index contributed by atoms with van der Waals surface area (Å²) in [5.74, 6) is -0.438. The Morgan fingerprint density at radius 3 is 2.28 bits per heavy atom. The molecule has 2 aromatic heterocycles. The van der Waals surface area contributed by atoms with Gasteiger partial charge in [0.25, 0.3) is 0 Å². The lowest BCUT2D eigenvalue weighted by Crippen LogP contribution is -2.05. The van der Waals surface area contributed by atoms with Crippen LogP contribution < -0.4 is 0 Å².